The van der Waals surface area contributed by atoms with Crippen LogP contribution in [0.1, 0.15) is 29.2 Å². The molecule has 1 aliphatic rings. The van der Waals surface area contributed by atoms with E-state index in [2.05, 4.69) is 0 Å². The summed E-state index contributed by atoms with van der Waals surface area (Å²) >= 11 is 0. The van der Waals surface area contributed by atoms with Gasteiger partial charge in [-0.25, -0.2) is 8.42 Å². The first-order chi connectivity index (χ1) is 15.3. The predicted molar refractivity (Wildman–Crippen MR) is 127 cm³/mol. The molecule has 0 spiro atoms. The number of carbonyl (C=O) groups is 1. The monoisotopic (exact) mass is 448 g/mol. The summed E-state index contributed by atoms with van der Waals surface area (Å²) in [7, 11) is -3.86. The average molecular weight is 449 g/mol. The Labute approximate surface area is 190 Å². The number of fused-ring (bicyclic) bond motifs is 1. The Morgan fingerprint density at radius 2 is 1.69 bits per heavy atom. The fourth-order valence-electron chi connectivity index (χ4n) is 4.27. The molecule has 6 heteroatoms. The molecule has 5 nitrogen and oxygen atoms in total. The molecule has 166 valence electrons. The van der Waals surface area contributed by atoms with Crippen LogP contribution in [-0.4, -0.2) is 31.2 Å². The minimum atomic E-state index is -3.86. The predicted octanol–water partition coefficient (Wildman–Crippen LogP) is 4.47. The number of aryl methyl sites for hydroxylation is 2. The summed E-state index contributed by atoms with van der Waals surface area (Å²) in [5.41, 5.74) is 4.85. The van der Waals surface area contributed by atoms with E-state index in [4.69, 9.17) is 0 Å². The van der Waals surface area contributed by atoms with E-state index in [-0.39, 0.29) is 29.9 Å². The van der Waals surface area contributed by atoms with E-state index >= 15 is 0 Å². The molecular formula is C26H28N2O3S. The molecule has 3 aromatic carbocycles. The molecule has 0 aliphatic carbocycles. The number of amides is 1. The zero-order valence-corrected chi connectivity index (χ0v) is 19.5. The zero-order chi connectivity index (χ0) is 22.9. The van der Waals surface area contributed by atoms with Crippen molar-refractivity contribution in [2.24, 2.45) is 0 Å². The largest absolute Gasteiger partial charge is 0.308 e. The topological polar surface area (TPSA) is 57.7 Å². The third kappa shape index (κ3) is 4.47. The van der Waals surface area contributed by atoms with Crippen molar-refractivity contribution < 1.29 is 13.2 Å². The number of para-hydroxylation sites is 1. The van der Waals surface area contributed by atoms with Gasteiger partial charge in [-0.05, 0) is 56.5 Å². The van der Waals surface area contributed by atoms with E-state index in [1.54, 1.807) is 29.2 Å². The highest BCUT2D eigenvalue weighted by Gasteiger charge is 2.34. The summed E-state index contributed by atoms with van der Waals surface area (Å²) in [4.78, 5) is 15.4. The standard InChI is InChI=1S/C26H28N2O3S/c1-19-11-13-24(14-12-19)32(30,31)27(17-22-8-6-7-20(2)15-22)18-26(29)28-21(3)16-23-9-4-5-10-25(23)28/h4-15,21H,16-18H2,1-3H3/t21-/m0/s1. The van der Waals surface area contributed by atoms with Gasteiger partial charge in [-0.15, -0.1) is 0 Å². The number of benzene rings is 3. The highest BCUT2D eigenvalue weighted by Crippen LogP contribution is 2.32. The quantitative estimate of drug-likeness (QED) is 0.559. The molecule has 0 radical (unpaired) electrons. The van der Waals surface area contributed by atoms with Crippen LogP contribution in [0.15, 0.2) is 77.7 Å². The van der Waals surface area contributed by atoms with Gasteiger partial charge in [0.25, 0.3) is 0 Å². The van der Waals surface area contributed by atoms with Crippen LogP contribution in [-0.2, 0) is 27.8 Å². The van der Waals surface area contributed by atoms with Gasteiger partial charge in [0.15, 0.2) is 0 Å². The molecule has 0 bridgehead atoms. The Morgan fingerprint density at radius 3 is 2.41 bits per heavy atom. The third-order valence-corrected chi connectivity index (χ3v) is 7.69. The fourth-order valence-corrected chi connectivity index (χ4v) is 5.65. The Bertz CT molecular complexity index is 1240. The lowest BCUT2D eigenvalue weighted by molar-refractivity contribution is -0.119. The first kappa shape index (κ1) is 22.2. The van der Waals surface area contributed by atoms with E-state index in [1.807, 2.05) is 69.3 Å². The maximum absolute atomic E-state index is 13.6. The van der Waals surface area contributed by atoms with Crippen LogP contribution in [0, 0.1) is 13.8 Å². The van der Waals surface area contributed by atoms with Crippen LogP contribution >= 0.6 is 0 Å². The molecule has 0 unspecified atom stereocenters. The summed E-state index contributed by atoms with van der Waals surface area (Å²) in [5, 5.41) is 0. The lowest BCUT2D eigenvalue weighted by Crippen LogP contribution is -2.44. The molecule has 0 fully saturated rings. The lowest BCUT2D eigenvalue weighted by Gasteiger charge is -2.27. The highest BCUT2D eigenvalue weighted by molar-refractivity contribution is 7.89. The normalized spacial score (nSPS) is 15.8. The van der Waals surface area contributed by atoms with Gasteiger partial charge in [-0.3, -0.25) is 4.79 Å². The molecule has 0 saturated heterocycles. The van der Waals surface area contributed by atoms with Crippen molar-refractivity contribution in [2.45, 2.75) is 44.7 Å². The molecule has 3 aromatic rings. The number of carbonyl (C=O) groups excluding carboxylic acids is 1. The SMILES string of the molecule is Cc1ccc(S(=O)(=O)N(CC(=O)N2c3ccccc3C[C@@H]2C)Cc2cccc(C)c2)cc1. The van der Waals surface area contributed by atoms with Crippen LogP contribution < -0.4 is 4.90 Å². The van der Waals surface area contributed by atoms with Gasteiger partial charge in [0.1, 0.15) is 0 Å². The molecule has 1 atom stereocenters. The molecule has 1 amide bonds. The van der Waals surface area contributed by atoms with Crippen molar-refractivity contribution in [1.29, 1.82) is 0 Å². The second-order valence-corrected chi connectivity index (χ2v) is 10.5. The van der Waals surface area contributed by atoms with E-state index in [1.165, 1.54) is 4.31 Å². The number of nitrogens with zero attached hydrogens (tertiary/aromatic N) is 2. The van der Waals surface area contributed by atoms with Gasteiger partial charge >= 0.3 is 0 Å². The van der Waals surface area contributed by atoms with Gasteiger partial charge in [0, 0.05) is 18.3 Å². The number of hydrogen-bond acceptors (Lipinski definition) is 3. The molecular weight excluding hydrogens is 420 g/mol. The number of hydrogen-bond donors (Lipinski definition) is 0. The van der Waals surface area contributed by atoms with Crippen LogP contribution in [0.2, 0.25) is 0 Å². The van der Waals surface area contributed by atoms with Gasteiger partial charge in [-0.2, -0.15) is 4.31 Å². The van der Waals surface area contributed by atoms with Gasteiger partial charge < -0.3 is 4.90 Å². The van der Waals surface area contributed by atoms with E-state index in [0.29, 0.717) is 0 Å². The second-order valence-electron chi connectivity index (χ2n) is 8.52. The molecule has 1 aliphatic heterocycles. The van der Waals surface area contributed by atoms with Crippen molar-refractivity contribution in [3.8, 4) is 0 Å². The number of sulfonamides is 1. The lowest BCUT2D eigenvalue weighted by atomic mass is 10.1. The average Bonchev–Trinajstić information content (AvgIpc) is 3.09. The van der Waals surface area contributed by atoms with Crippen LogP contribution in [0.4, 0.5) is 5.69 Å². The maximum atomic E-state index is 13.6. The molecule has 0 aromatic heterocycles. The number of rotatable bonds is 6. The minimum Gasteiger partial charge on any atom is -0.308 e. The van der Waals surface area contributed by atoms with Crippen molar-refractivity contribution in [2.75, 3.05) is 11.4 Å². The van der Waals surface area contributed by atoms with Crippen molar-refractivity contribution in [3.05, 3.63) is 95.1 Å². The first-order valence-corrected chi connectivity index (χ1v) is 12.2. The number of anilines is 1. The van der Waals surface area contributed by atoms with Gasteiger partial charge in [0.2, 0.25) is 15.9 Å². The van der Waals surface area contributed by atoms with Gasteiger partial charge in [-0.1, -0.05) is 65.7 Å². The Hall–Kier alpha value is -2.96. The van der Waals surface area contributed by atoms with Gasteiger partial charge in [0.05, 0.1) is 11.4 Å². The third-order valence-electron chi connectivity index (χ3n) is 5.89. The van der Waals surface area contributed by atoms with Crippen molar-refractivity contribution >= 4 is 21.6 Å². The fraction of sp³-hybridized carbons (Fsp3) is 0.269. The summed E-state index contributed by atoms with van der Waals surface area (Å²) in [6.07, 6.45) is 0.768. The summed E-state index contributed by atoms with van der Waals surface area (Å²) in [6.45, 7) is 5.79. The summed E-state index contributed by atoms with van der Waals surface area (Å²) in [6, 6.07) is 22.3. The molecule has 0 N–H and O–H groups in total. The Balaban J connectivity index is 1.68. The van der Waals surface area contributed by atoms with Crippen molar-refractivity contribution in [1.82, 2.24) is 4.31 Å². The van der Waals surface area contributed by atoms with Crippen LogP contribution in [0.25, 0.3) is 0 Å². The van der Waals surface area contributed by atoms with Crippen LogP contribution in [0.3, 0.4) is 0 Å². The van der Waals surface area contributed by atoms with E-state index in [0.717, 1.165) is 34.4 Å². The molecule has 4 rings (SSSR count). The van der Waals surface area contributed by atoms with Crippen molar-refractivity contribution in [3.63, 3.8) is 0 Å². The molecule has 32 heavy (non-hydrogen) atoms. The first-order valence-electron chi connectivity index (χ1n) is 10.8. The summed E-state index contributed by atoms with van der Waals surface area (Å²) < 4.78 is 28.4. The summed E-state index contributed by atoms with van der Waals surface area (Å²) in [5.74, 6) is -0.217. The molecule has 1 heterocycles. The van der Waals surface area contributed by atoms with Crippen LogP contribution in [0.5, 0.6) is 0 Å². The van der Waals surface area contributed by atoms with E-state index in [9.17, 15) is 13.2 Å². The smallest absolute Gasteiger partial charge is 0.243 e. The second kappa shape index (κ2) is 8.88. The Kier molecular flexibility index (Phi) is 6.17. The van der Waals surface area contributed by atoms with E-state index < -0.39 is 10.0 Å². The highest BCUT2D eigenvalue weighted by atomic mass is 32.2. The Morgan fingerprint density at radius 1 is 0.969 bits per heavy atom. The minimum absolute atomic E-state index is 0.0113. The molecule has 0 saturated carbocycles. The zero-order valence-electron chi connectivity index (χ0n) is 18.7. The maximum Gasteiger partial charge on any atom is 0.243 e.